The van der Waals surface area contributed by atoms with Crippen molar-refractivity contribution < 1.29 is 0 Å². The lowest BCUT2D eigenvalue weighted by Gasteiger charge is -2.08. The van der Waals surface area contributed by atoms with Gasteiger partial charge in [0.05, 0.1) is 5.69 Å². The van der Waals surface area contributed by atoms with Crippen LogP contribution >= 0.6 is 11.6 Å². The van der Waals surface area contributed by atoms with E-state index in [1.165, 1.54) is 16.3 Å². The van der Waals surface area contributed by atoms with E-state index in [4.69, 9.17) is 16.6 Å². The molecule has 0 saturated carbocycles. The lowest BCUT2D eigenvalue weighted by atomic mass is 10.00. The summed E-state index contributed by atoms with van der Waals surface area (Å²) in [6, 6.07) is 35.0. The van der Waals surface area contributed by atoms with Crippen LogP contribution in [-0.4, -0.2) is 9.97 Å². The Morgan fingerprint density at radius 3 is 1.93 bits per heavy atom. The first-order chi connectivity index (χ1) is 14.3. The van der Waals surface area contributed by atoms with Crippen molar-refractivity contribution in [3.63, 3.8) is 0 Å². The Kier molecular flexibility index (Phi) is 4.55. The second kappa shape index (κ2) is 7.50. The molecular weight excluding hydrogens is 376 g/mol. The van der Waals surface area contributed by atoms with Crippen LogP contribution < -0.4 is 0 Å². The molecule has 0 N–H and O–H groups in total. The Bertz CT molecular complexity index is 1300. The van der Waals surface area contributed by atoms with Gasteiger partial charge in [0.15, 0.2) is 5.82 Å². The van der Waals surface area contributed by atoms with Crippen LogP contribution in [0.5, 0.6) is 0 Å². The van der Waals surface area contributed by atoms with E-state index >= 15 is 0 Å². The van der Waals surface area contributed by atoms with Crippen LogP contribution in [0.4, 0.5) is 0 Å². The van der Waals surface area contributed by atoms with Crippen molar-refractivity contribution in [2.45, 2.75) is 0 Å². The highest BCUT2D eigenvalue weighted by Gasteiger charge is 2.08. The minimum Gasteiger partial charge on any atom is -0.228 e. The quantitative estimate of drug-likeness (QED) is 0.301. The number of fused-ring (bicyclic) bond motifs is 1. The first kappa shape index (κ1) is 17.6. The molecule has 29 heavy (non-hydrogen) atoms. The normalized spacial score (nSPS) is 10.9. The fraction of sp³-hybridized carbons (Fsp3) is 0. The number of halogens is 1. The maximum absolute atomic E-state index is 6.28. The predicted molar refractivity (Wildman–Crippen MR) is 121 cm³/mol. The molecule has 1 heterocycles. The number of hydrogen-bond donors (Lipinski definition) is 0. The Labute approximate surface area is 174 Å². The largest absolute Gasteiger partial charge is 0.228 e. The average Bonchev–Trinajstić information content (AvgIpc) is 2.79. The van der Waals surface area contributed by atoms with E-state index in [2.05, 4.69) is 59.6 Å². The van der Waals surface area contributed by atoms with Crippen molar-refractivity contribution >= 4 is 22.4 Å². The van der Waals surface area contributed by atoms with E-state index in [1.807, 2.05) is 42.5 Å². The summed E-state index contributed by atoms with van der Waals surface area (Å²) in [4.78, 5) is 9.15. The minimum atomic E-state index is 0.437. The molecule has 0 bridgehead atoms. The molecule has 2 nitrogen and oxygen atoms in total. The van der Waals surface area contributed by atoms with Gasteiger partial charge in [0.25, 0.3) is 0 Å². The number of rotatable bonds is 3. The summed E-state index contributed by atoms with van der Waals surface area (Å²) in [7, 11) is 0. The summed E-state index contributed by atoms with van der Waals surface area (Å²) in [6.45, 7) is 0. The summed E-state index contributed by atoms with van der Waals surface area (Å²) in [5.74, 6) is 0.626. The van der Waals surface area contributed by atoms with E-state index in [-0.39, 0.29) is 0 Å². The van der Waals surface area contributed by atoms with Crippen molar-refractivity contribution in [3.8, 4) is 33.8 Å². The summed E-state index contributed by atoms with van der Waals surface area (Å²) in [5.41, 5.74) is 5.12. The zero-order valence-electron chi connectivity index (χ0n) is 15.6. The van der Waals surface area contributed by atoms with E-state index in [1.54, 1.807) is 6.07 Å². The van der Waals surface area contributed by atoms with Gasteiger partial charge in [0, 0.05) is 17.2 Å². The van der Waals surface area contributed by atoms with Crippen LogP contribution in [0, 0.1) is 0 Å². The molecule has 0 atom stereocenters. The second-order valence-corrected chi connectivity index (χ2v) is 7.29. The molecule has 0 aliphatic carbocycles. The van der Waals surface area contributed by atoms with Crippen molar-refractivity contribution in [2.75, 3.05) is 0 Å². The maximum Gasteiger partial charge on any atom is 0.161 e. The molecule has 0 fully saturated rings. The second-order valence-electron chi connectivity index (χ2n) is 6.90. The zero-order valence-corrected chi connectivity index (χ0v) is 16.3. The third kappa shape index (κ3) is 3.63. The Morgan fingerprint density at radius 2 is 1.14 bits per heavy atom. The molecule has 3 heteroatoms. The highest BCUT2D eigenvalue weighted by Crippen LogP contribution is 2.28. The third-order valence-electron chi connectivity index (χ3n) is 4.99. The van der Waals surface area contributed by atoms with Crippen LogP contribution in [0.1, 0.15) is 0 Å². The smallest absolute Gasteiger partial charge is 0.161 e. The van der Waals surface area contributed by atoms with E-state index in [0.29, 0.717) is 11.0 Å². The highest BCUT2D eigenvalue weighted by molar-refractivity contribution is 6.29. The van der Waals surface area contributed by atoms with Gasteiger partial charge in [-0.15, -0.1) is 0 Å². The number of aromatic nitrogens is 2. The maximum atomic E-state index is 6.28. The molecule has 1 aromatic heterocycles. The van der Waals surface area contributed by atoms with E-state index in [0.717, 1.165) is 22.4 Å². The lowest BCUT2D eigenvalue weighted by molar-refractivity contribution is 1.18. The molecule has 0 radical (unpaired) electrons. The van der Waals surface area contributed by atoms with Gasteiger partial charge in [0.1, 0.15) is 5.15 Å². The van der Waals surface area contributed by atoms with Gasteiger partial charge in [-0.3, -0.25) is 0 Å². The standard InChI is InChI=1S/C26H17ClN2/c27-25-17-24(20-7-2-1-3-8-20)28-26(29-25)21-13-10-19(11-14-21)23-15-12-18-6-4-5-9-22(18)16-23/h1-17H. The van der Waals surface area contributed by atoms with Gasteiger partial charge in [-0.05, 0) is 28.0 Å². The van der Waals surface area contributed by atoms with Gasteiger partial charge in [-0.1, -0.05) is 103 Å². The predicted octanol–water partition coefficient (Wildman–Crippen LogP) is 7.28. The van der Waals surface area contributed by atoms with Gasteiger partial charge in [-0.2, -0.15) is 0 Å². The first-order valence-corrected chi connectivity index (χ1v) is 9.84. The molecule has 5 rings (SSSR count). The number of nitrogens with zero attached hydrogens (tertiary/aromatic N) is 2. The molecule has 5 aromatic rings. The topological polar surface area (TPSA) is 25.8 Å². The third-order valence-corrected chi connectivity index (χ3v) is 5.18. The van der Waals surface area contributed by atoms with E-state index in [9.17, 15) is 0 Å². The van der Waals surface area contributed by atoms with E-state index < -0.39 is 0 Å². The number of benzene rings is 4. The monoisotopic (exact) mass is 392 g/mol. The Hall–Kier alpha value is -3.49. The average molecular weight is 393 g/mol. The molecule has 0 unspecified atom stereocenters. The first-order valence-electron chi connectivity index (χ1n) is 9.46. The minimum absolute atomic E-state index is 0.437. The van der Waals surface area contributed by atoms with Crippen molar-refractivity contribution in [1.82, 2.24) is 9.97 Å². The molecular formula is C26H17ClN2. The molecule has 0 saturated heterocycles. The molecule has 0 amide bonds. The highest BCUT2D eigenvalue weighted by atomic mass is 35.5. The van der Waals surface area contributed by atoms with Crippen molar-refractivity contribution in [3.05, 3.63) is 108 Å². The Balaban J connectivity index is 1.51. The van der Waals surface area contributed by atoms with Crippen LogP contribution in [0.25, 0.3) is 44.5 Å². The van der Waals surface area contributed by atoms with Gasteiger partial charge in [0.2, 0.25) is 0 Å². The molecule has 0 aliphatic rings. The lowest BCUT2D eigenvalue weighted by Crippen LogP contribution is -1.93. The number of hydrogen-bond acceptors (Lipinski definition) is 2. The summed E-state index contributed by atoms with van der Waals surface area (Å²) < 4.78 is 0. The molecule has 4 aromatic carbocycles. The van der Waals surface area contributed by atoms with Crippen molar-refractivity contribution in [2.24, 2.45) is 0 Å². The molecule has 0 aliphatic heterocycles. The molecule has 138 valence electrons. The van der Waals surface area contributed by atoms with Gasteiger partial charge >= 0.3 is 0 Å². The van der Waals surface area contributed by atoms with Crippen LogP contribution in [0.2, 0.25) is 5.15 Å². The van der Waals surface area contributed by atoms with Crippen LogP contribution in [0.15, 0.2) is 103 Å². The fourth-order valence-corrected chi connectivity index (χ4v) is 3.67. The van der Waals surface area contributed by atoms with Gasteiger partial charge in [-0.25, -0.2) is 9.97 Å². The van der Waals surface area contributed by atoms with Crippen molar-refractivity contribution in [1.29, 1.82) is 0 Å². The SMILES string of the molecule is Clc1cc(-c2ccccc2)nc(-c2ccc(-c3ccc4ccccc4c3)cc2)n1. The summed E-state index contributed by atoms with van der Waals surface area (Å²) in [6.07, 6.45) is 0. The summed E-state index contributed by atoms with van der Waals surface area (Å²) in [5, 5.41) is 2.92. The van der Waals surface area contributed by atoms with Gasteiger partial charge < -0.3 is 0 Å². The fourth-order valence-electron chi connectivity index (χ4n) is 3.48. The Morgan fingerprint density at radius 1 is 0.483 bits per heavy atom. The van der Waals surface area contributed by atoms with Crippen LogP contribution in [0.3, 0.4) is 0 Å². The van der Waals surface area contributed by atoms with Crippen LogP contribution in [-0.2, 0) is 0 Å². The zero-order chi connectivity index (χ0) is 19.6. The summed E-state index contributed by atoms with van der Waals surface area (Å²) >= 11 is 6.28. The molecule has 0 spiro atoms.